The van der Waals surface area contributed by atoms with Crippen molar-refractivity contribution < 1.29 is 55.0 Å². The number of fused-ring (bicyclic) bond motifs is 1. The zero-order chi connectivity index (χ0) is 43.2. The van der Waals surface area contributed by atoms with Gasteiger partial charge in [0.25, 0.3) is 15.9 Å². The topological polar surface area (TPSA) is 195 Å². The van der Waals surface area contributed by atoms with Crippen molar-refractivity contribution in [3.63, 3.8) is 0 Å². The highest BCUT2D eigenvalue weighted by Gasteiger charge is 2.68. The summed E-state index contributed by atoms with van der Waals surface area (Å²) in [6.07, 6.45) is -2.67. The van der Waals surface area contributed by atoms with Crippen molar-refractivity contribution in [1.82, 2.24) is 30.2 Å². The Morgan fingerprint density at radius 1 is 1.05 bits per heavy atom. The molecule has 1 aromatic heterocycles. The molecule has 1 aliphatic heterocycles. The number of benzene rings is 1. The summed E-state index contributed by atoms with van der Waals surface area (Å²) in [7, 11) is -3.40. The second kappa shape index (κ2) is 16.6. The Kier molecular flexibility index (Phi) is 12.4. The van der Waals surface area contributed by atoms with Crippen molar-refractivity contribution >= 4 is 44.9 Å². The van der Waals surface area contributed by atoms with E-state index in [-0.39, 0.29) is 43.7 Å². The van der Waals surface area contributed by atoms with Crippen LogP contribution in [0.4, 0.5) is 18.0 Å². The van der Waals surface area contributed by atoms with Crippen LogP contribution in [0.1, 0.15) is 98.6 Å². The van der Waals surface area contributed by atoms with E-state index in [1.54, 1.807) is 50.6 Å². The first-order chi connectivity index (χ1) is 27.7. The van der Waals surface area contributed by atoms with E-state index in [0.717, 1.165) is 19.3 Å². The van der Waals surface area contributed by atoms with Crippen LogP contribution in [0.3, 0.4) is 0 Å². The fraction of sp³-hybridized carbons (Fsp3) is 0.700. The largest absolute Gasteiger partial charge is 0.497 e. The van der Waals surface area contributed by atoms with E-state index < -0.39 is 92.7 Å². The number of ether oxygens (including phenoxy) is 3. The van der Waals surface area contributed by atoms with Gasteiger partial charge >= 0.3 is 6.09 Å². The summed E-state index contributed by atoms with van der Waals surface area (Å²) in [4.78, 5) is 66.9. The van der Waals surface area contributed by atoms with E-state index in [1.807, 2.05) is 6.92 Å². The van der Waals surface area contributed by atoms with Crippen LogP contribution >= 0.6 is 0 Å². The maximum atomic E-state index is 14.8. The molecule has 15 nitrogen and oxygen atoms in total. The molecule has 19 heteroatoms. The maximum absolute atomic E-state index is 14.8. The molecular weight excluding hydrogens is 798 g/mol. The number of aromatic nitrogens is 2. The molecule has 8 atom stereocenters. The lowest BCUT2D eigenvalue weighted by molar-refractivity contribution is -0.144. The van der Waals surface area contributed by atoms with Gasteiger partial charge in [-0.1, -0.05) is 54.4 Å². The fourth-order valence-corrected chi connectivity index (χ4v) is 9.00. The SMILES string of the molecule is CCCCCc1nc2ccc(OC)cc2nc1O[C@H]1CN(C(=O)[C@@H](NC(=O)O[C@@H]2C[C@H]2C)C(C)(C)C)[C@H](C(=O)N[C@]2(C(=O)NS(=O)(=O)C3(F)CC3)C[C@H]2C(F)F)[C@@H]1CC. The van der Waals surface area contributed by atoms with Crippen molar-refractivity contribution in [2.45, 2.75) is 141 Å². The molecule has 4 fully saturated rings. The van der Waals surface area contributed by atoms with Crippen LogP contribution < -0.4 is 24.8 Å². The summed E-state index contributed by atoms with van der Waals surface area (Å²) in [5.74, 6) is -5.05. The number of likely N-dealkylation sites (tertiary alicyclic amines) is 1. The maximum Gasteiger partial charge on any atom is 0.408 e. The second-order valence-corrected chi connectivity index (χ2v) is 19.4. The number of aryl methyl sites for hydroxylation is 1. The van der Waals surface area contributed by atoms with Gasteiger partial charge in [-0.25, -0.2) is 41.1 Å². The molecule has 3 aliphatic carbocycles. The summed E-state index contributed by atoms with van der Waals surface area (Å²) in [6.45, 7) is 10.6. The first-order valence-corrected chi connectivity index (χ1v) is 21.8. The number of hydrogen-bond donors (Lipinski definition) is 3. The average molecular weight is 853 g/mol. The highest BCUT2D eigenvalue weighted by Crippen LogP contribution is 2.50. The lowest BCUT2D eigenvalue weighted by Gasteiger charge is -2.36. The Labute approximate surface area is 342 Å². The molecule has 0 radical (unpaired) electrons. The molecular formula is C40H55F3N6O9S. The van der Waals surface area contributed by atoms with Crippen molar-refractivity contribution in [2.24, 2.45) is 23.2 Å². The molecule has 2 heterocycles. The van der Waals surface area contributed by atoms with Crippen LogP contribution in [-0.4, -0.2) is 102 Å². The number of unbranched alkanes of at least 4 members (excludes halogenated alkanes) is 2. The number of hydrogen-bond acceptors (Lipinski definition) is 11. The Morgan fingerprint density at radius 3 is 2.31 bits per heavy atom. The molecule has 3 N–H and O–H groups in total. The van der Waals surface area contributed by atoms with Crippen LogP contribution in [0.2, 0.25) is 0 Å². The van der Waals surface area contributed by atoms with Crippen molar-refractivity contribution in [3.05, 3.63) is 23.9 Å². The quantitative estimate of drug-likeness (QED) is 0.182. The summed E-state index contributed by atoms with van der Waals surface area (Å²) in [5.41, 5.74) is -1.77. The molecule has 4 amide bonds. The van der Waals surface area contributed by atoms with Crippen LogP contribution in [-0.2, 0) is 35.6 Å². The van der Waals surface area contributed by atoms with E-state index in [4.69, 9.17) is 24.2 Å². The highest BCUT2D eigenvalue weighted by molar-refractivity contribution is 7.91. The van der Waals surface area contributed by atoms with Crippen LogP contribution in [0.5, 0.6) is 11.6 Å². The standard InChI is InChI=1S/C40H55F3N6O9S/c1-8-10-11-12-26-34(45-27-18-22(56-7)13-14-25(27)44-26)57-29-20-49(35(51)31(38(4,5)6)46-37(53)58-28-17-21(28)3)30(23(29)9-2)33(50)47-40(19-24(40)32(41)42)36(52)48-59(54,55)39(43)15-16-39/h13-14,18,21,23-24,28-32H,8-12,15-17,19-20H2,1-7H3,(H,46,53)(H,47,50)(H,48,52)/t21-,23-,24+,28-,29+,30+,31-,40-/m1/s1. The molecule has 6 rings (SSSR count). The Balaban J connectivity index is 1.37. The van der Waals surface area contributed by atoms with Gasteiger partial charge < -0.3 is 29.7 Å². The number of nitrogens with zero attached hydrogens (tertiary/aromatic N) is 3. The van der Waals surface area contributed by atoms with Crippen molar-refractivity contribution in [1.29, 1.82) is 0 Å². The van der Waals surface area contributed by atoms with Gasteiger partial charge in [0, 0.05) is 24.8 Å². The number of rotatable bonds is 17. The molecule has 3 saturated carbocycles. The van der Waals surface area contributed by atoms with E-state index in [1.165, 1.54) is 12.0 Å². The van der Waals surface area contributed by atoms with Gasteiger partial charge in [-0.05, 0) is 55.6 Å². The van der Waals surface area contributed by atoms with Gasteiger partial charge in [0.05, 0.1) is 30.6 Å². The summed E-state index contributed by atoms with van der Waals surface area (Å²) in [5, 5.41) is 2.33. The first kappa shape index (κ1) is 44.1. The molecule has 0 spiro atoms. The smallest absolute Gasteiger partial charge is 0.408 e. The molecule has 1 aromatic carbocycles. The Hall–Kier alpha value is -4.42. The summed E-state index contributed by atoms with van der Waals surface area (Å²) in [6, 6.07) is 2.49. The third-order valence-electron chi connectivity index (χ3n) is 11.9. The number of carbonyl (C=O) groups excluding carboxylic acids is 4. The third kappa shape index (κ3) is 9.18. The fourth-order valence-electron chi connectivity index (χ4n) is 7.75. The normalized spacial score (nSPS) is 27.5. The highest BCUT2D eigenvalue weighted by atomic mass is 32.2. The number of alkyl carbamates (subject to hydrolysis) is 1. The van der Waals surface area contributed by atoms with Crippen molar-refractivity contribution in [3.8, 4) is 11.6 Å². The minimum Gasteiger partial charge on any atom is -0.497 e. The van der Waals surface area contributed by atoms with E-state index in [0.29, 0.717) is 35.3 Å². The average Bonchev–Trinajstić information content (AvgIpc) is 4.13. The molecule has 4 aliphatic rings. The lowest BCUT2D eigenvalue weighted by Crippen LogP contribution is -2.61. The molecule has 2 aromatic rings. The predicted molar refractivity (Wildman–Crippen MR) is 209 cm³/mol. The minimum atomic E-state index is -4.92. The number of sulfonamides is 1. The summed E-state index contributed by atoms with van der Waals surface area (Å²) >= 11 is 0. The molecule has 1 saturated heterocycles. The van der Waals surface area contributed by atoms with E-state index in [2.05, 4.69) is 17.6 Å². The van der Waals surface area contributed by atoms with Crippen LogP contribution in [0.15, 0.2) is 18.2 Å². The second-order valence-electron chi connectivity index (χ2n) is 17.5. The molecule has 0 unspecified atom stereocenters. The monoisotopic (exact) mass is 852 g/mol. The predicted octanol–water partition coefficient (Wildman–Crippen LogP) is 4.95. The zero-order valence-electron chi connectivity index (χ0n) is 34.5. The molecule has 326 valence electrons. The van der Waals surface area contributed by atoms with Gasteiger partial charge in [-0.3, -0.25) is 14.4 Å². The first-order valence-electron chi connectivity index (χ1n) is 20.3. The number of amides is 4. The van der Waals surface area contributed by atoms with Gasteiger partial charge in [-0.2, -0.15) is 0 Å². The minimum absolute atomic E-state index is 0.157. The Bertz CT molecular complexity index is 2070. The number of carbonyl (C=O) groups is 4. The van der Waals surface area contributed by atoms with E-state index >= 15 is 0 Å². The lowest BCUT2D eigenvalue weighted by atomic mass is 9.85. The Morgan fingerprint density at radius 2 is 1.75 bits per heavy atom. The number of halogens is 3. The third-order valence-corrected chi connectivity index (χ3v) is 13.7. The van der Waals surface area contributed by atoms with Gasteiger partial charge in [0.1, 0.15) is 41.3 Å². The molecule has 0 bridgehead atoms. The molecule has 59 heavy (non-hydrogen) atoms. The number of nitrogens with one attached hydrogen (secondary N) is 3. The van der Waals surface area contributed by atoms with E-state index in [9.17, 15) is 40.8 Å². The number of alkyl halides is 3. The number of methoxy groups -OCH3 is 1. The van der Waals surface area contributed by atoms with Gasteiger partial charge in [-0.15, -0.1) is 0 Å². The summed E-state index contributed by atoms with van der Waals surface area (Å²) < 4.78 is 87.9. The van der Waals surface area contributed by atoms with Crippen LogP contribution in [0.25, 0.3) is 11.0 Å². The van der Waals surface area contributed by atoms with Crippen molar-refractivity contribution in [2.75, 3.05) is 13.7 Å². The van der Waals surface area contributed by atoms with Gasteiger partial charge in [0.2, 0.25) is 29.1 Å². The van der Waals surface area contributed by atoms with Gasteiger partial charge in [0.15, 0.2) is 0 Å². The zero-order valence-corrected chi connectivity index (χ0v) is 35.3. The van der Waals surface area contributed by atoms with Crippen LogP contribution in [0, 0.1) is 23.2 Å².